The molecule has 32 heavy (non-hydrogen) atoms. The van der Waals surface area contributed by atoms with Crippen LogP contribution in [0.2, 0.25) is 0 Å². The molecule has 1 saturated carbocycles. The average Bonchev–Trinajstić information content (AvgIpc) is 3.35. The van der Waals surface area contributed by atoms with Crippen molar-refractivity contribution in [3.8, 4) is 11.1 Å². The summed E-state index contributed by atoms with van der Waals surface area (Å²) in [5.74, 6) is -0.531. The smallest absolute Gasteiger partial charge is 0.321 e. The Morgan fingerprint density at radius 1 is 0.969 bits per heavy atom. The van der Waals surface area contributed by atoms with Gasteiger partial charge in [-0.15, -0.1) is 0 Å². The number of piperidine rings is 1. The molecule has 4 rings (SSSR count). The topological polar surface area (TPSA) is 52.7 Å². The van der Waals surface area contributed by atoms with Gasteiger partial charge in [0.15, 0.2) is 0 Å². The van der Waals surface area contributed by atoms with Crippen molar-refractivity contribution in [1.82, 2.24) is 9.80 Å². The molecule has 3 amide bonds. The van der Waals surface area contributed by atoms with Crippen molar-refractivity contribution in [3.63, 3.8) is 0 Å². The van der Waals surface area contributed by atoms with Crippen molar-refractivity contribution in [2.45, 2.75) is 44.6 Å². The Hall–Kier alpha value is -2.96. The second-order valence-electron chi connectivity index (χ2n) is 8.78. The summed E-state index contributed by atoms with van der Waals surface area (Å²) in [6, 6.07) is 9.84. The number of halogens is 2. The minimum Gasteiger partial charge on any atom is -0.342 e. The fourth-order valence-corrected chi connectivity index (χ4v) is 4.73. The third kappa shape index (κ3) is 4.92. The molecule has 0 aromatic heterocycles. The van der Waals surface area contributed by atoms with Crippen LogP contribution in [0.1, 0.15) is 38.5 Å². The van der Waals surface area contributed by atoms with Gasteiger partial charge in [-0.05, 0) is 61.6 Å². The molecule has 1 heterocycles. The van der Waals surface area contributed by atoms with Gasteiger partial charge in [-0.2, -0.15) is 0 Å². The van der Waals surface area contributed by atoms with E-state index in [1.54, 1.807) is 36.2 Å². The van der Waals surface area contributed by atoms with Gasteiger partial charge in [0.2, 0.25) is 5.91 Å². The van der Waals surface area contributed by atoms with E-state index in [2.05, 4.69) is 5.32 Å². The van der Waals surface area contributed by atoms with E-state index in [0.717, 1.165) is 56.7 Å². The van der Waals surface area contributed by atoms with Crippen molar-refractivity contribution in [2.75, 3.05) is 25.5 Å². The molecule has 2 fully saturated rings. The number of carbonyl (C=O) groups excluding carboxylic acids is 2. The van der Waals surface area contributed by atoms with Gasteiger partial charge >= 0.3 is 6.03 Å². The molecule has 0 atom stereocenters. The number of hydrogen-bond donors (Lipinski definition) is 1. The van der Waals surface area contributed by atoms with Crippen LogP contribution in [0.5, 0.6) is 0 Å². The monoisotopic (exact) mass is 441 g/mol. The molecule has 2 aromatic rings. The van der Waals surface area contributed by atoms with Crippen LogP contribution in [0.4, 0.5) is 19.3 Å². The van der Waals surface area contributed by atoms with Gasteiger partial charge in [-0.3, -0.25) is 4.79 Å². The molecule has 1 aliphatic carbocycles. The summed E-state index contributed by atoms with van der Waals surface area (Å²) in [6.45, 7) is 1.37. The lowest BCUT2D eigenvalue weighted by Crippen LogP contribution is -2.49. The highest BCUT2D eigenvalue weighted by atomic mass is 19.1. The van der Waals surface area contributed by atoms with Crippen molar-refractivity contribution in [3.05, 3.63) is 54.1 Å². The van der Waals surface area contributed by atoms with Gasteiger partial charge in [0.25, 0.3) is 0 Å². The molecule has 5 nitrogen and oxygen atoms in total. The fraction of sp³-hybridized carbons (Fsp3) is 0.440. The van der Waals surface area contributed by atoms with Gasteiger partial charge < -0.3 is 15.1 Å². The highest BCUT2D eigenvalue weighted by Gasteiger charge is 2.32. The normalized spacial score (nSPS) is 17.4. The Bertz CT molecular complexity index is 966. The zero-order chi connectivity index (χ0) is 22.7. The predicted octanol–water partition coefficient (Wildman–Crippen LogP) is 5.28. The van der Waals surface area contributed by atoms with E-state index in [0.29, 0.717) is 24.3 Å². The number of hydrogen-bond acceptors (Lipinski definition) is 2. The molecular weight excluding hydrogens is 412 g/mol. The van der Waals surface area contributed by atoms with Crippen LogP contribution < -0.4 is 5.32 Å². The summed E-state index contributed by atoms with van der Waals surface area (Å²) in [5.41, 5.74) is 1.29. The first-order chi connectivity index (χ1) is 15.4. The van der Waals surface area contributed by atoms with Crippen LogP contribution in [0.25, 0.3) is 11.1 Å². The van der Waals surface area contributed by atoms with E-state index in [1.807, 2.05) is 4.90 Å². The van der Waals surface area contributed by atoms with E-state index in [4.69, 9.17) is 0 Å². The summed E-state index contributed by atoms with van der Waals surface area (Å²) in [7, 11) is 1.77. The number of carbonyl (C=O) groups is 2. The number of nitrogens with zero attached hydrogens (tertiary/aromatic N) is 2. The number of amides is 3. The standard InChI is InChI=1S/C25H29F2N3O2/c1-29(21-12-14-30(15-13-21)24(31)18-4-2-3-5-18)25(32)28-20-9-6-17(7-10-20)22-16-19(26)8-11-23(22)27/h6-11,16,18,21H,2-5,12-15H2,1H3,(H,28,32). The Morgan fingerprint density at radius 2 is 1.62 bits per heavy atom. The van der Waals surface area contributed by atoms with Crippen molar-refractivity contribution >= 4 is 17.6 Å². The summed E-state index contributed by atoms with van der Waals surface area (Å²) in [4.78, 5) is 29.0. The maximum absolute atomic E-state index is 14.0. The van der Waals surface area contributed by atoms with E-state index >= 15 is 0 Å². The number of likely N-dealkylation sites (tertiary alicyclic amines) is 1. The Kier molecular flexibility index (Phi) is 6.72. The number of benzene rings is 2. The summed E-state index contributed by atoms with van der Waals surface area (Å²) < 4.78 is 27.4. The first-order valence-corrected chi connectivity index (χ1v) is 11.3. The van der Waals surface area contributed by atoms with Crippen LogP contribution in [-0.4, -0.2) is 47.9 Å². The lowest BCUT2D eigenvalue weighted by molar-refractivity contribution is -0.136. The molecule has 0 spiro atoms. The van der Waals surface area contributed by atoms with Crippen molar-refractivity contribution in [2.24, 2.45) is 5.92 Å². The molecule has 1 aliphatic heterocycles. The van der Waals surface area contributed by atoms with Crippen molar-refractivity contribution in [1.29, 1.82) is 0 Å². The van der Waals surface area contributed by atoms with E-state index in [1.165, 1.54) is 0 Å². The summed E-state index contributed by atoms with van der Waals surface area (Å²) in [6.07, 6.45) is 5.83. The maximum Gasteiger partial charge on any atom is 0.321 e. The van der Waals surface area contributed by atoms with Gasteiger partial charge in [-0.1, -0.05) is 25.0 Å². The second kappa shape index (κ2) is 9.67. The van der Waals surface area contributed by atoms with Crippen LogP contribution in [0.3, 0.4) is 0 Å². The predicted molar refractivity (Wildman–Crippen MR) is 120 cm³/mol. The highest BCUT2D eigenvalue weighted by Crippen LogP contribution is 2.29. The van der Waals surface area contributed by atoms with Crippen LogP contribution in [0, 0.1) is 17.6 Å². The van der Waals surface area contributed by atoms with Crippen LogP contribution in [-0.2, 0) is 4.79 Å². The molecule has 2 aromatic carbocycles. The summed E-state index contributed by atoms with van der Waals surface area (Å²) in [5, 5.41) is 2.86. The third-order valence-electron chi connectivity index (χ3n) is 6.72. The fourth-order valence-electron chi connectivity index (χ4n) is 4.73. The molecule has 0 unspecified atom stereocenters. The molecule has 0 radical (unpaired) electrons. The van der Waals surface area contributed by atoms with Gasteiger partial charge in [0.05, 0.1) is 0 Å². The number of anilines is 1. The number of nitrogens with one attached hydrogen (secondary N) is 1. The third-order valence-corrected chi connectivity index (χ3v) is 6.72. The number of urea groups is 1. The quantitative estimate of drug-likeness (QED) is 0.702. The van der Waals surface area contributed by atoms with Gasteiger partial charge in [0, 0.05) is 43.3 Å². The molecule has 2 aliphatic rings. The second-order valence-corrected chi connectivity index (χ2v) is 8.78. The zero-order valence-corrected chi connectivity index (χ0v) is 18.3. The largest absolute Gasteiger partial charge is 0.342 e. The zero-order valence-electron chi connectivity index (χ0n) is 18.3. The lowest BCUT2D eigenvalue weighted by atomic mass is 10.0. The minimum atomic E-state index is -0.503. The van der Waals surface area contributed by atoms with Gasteiger partial charge in [0.1, 0.15) is 11.6 Å². The molecule has 0 bridgehead atoms. The number of rotatable bonds is 4. The van der Waals surface area contributed by atoms with E-state index in [-0.39, 0.29) is 29.5 Å². The lowest BCUT2D eigenvalue weighted by Gasteiger charge is -2.37. The molecular formula is C25H29F2N3O2. The maximum atomic E-state index is 14.0. The first kappa shape index (κ1) is 22.2. The van der Waals surface area contributed by atoms with E-state index < -0.39 is 11.6 Å². The average molecular weight is 442 g/mol. The highest BCUT2D eigenvalue weighted by molar-refractivity contribution is 5.89. The minimum absolute atomic E-state index is 0.0725. The van der Waals surface area contributed by atoms with Gasteiger partial charge in [-0.25, -0.2) is 13.6 Å². The Labute approximate surface area is 187 Å². The Balaban J connectivity index is 1.31. The Morgan fingerprint density at radius 3 is 2.28 bits per heavy atom. The SMILES string of the molecule is CN(C(=O)Nc1ccc(-c2cc(F)ccc2F)cc1)C1CCN(C(=O)C2CCCC2)CC1. The van der Waals surface area contributed by atoms with Crippen LogP contribution >= 0.6 is 0 Å². The van der Waals surface area contributed by atoms with E-state index in [9.17, 15) is 18.4 Å². The molecule has 170 valence electrons. The molecule has 1 saturated heterocycles. The summed E-state index contributed by atoms with van der Waals surface area (Å²) >= 11 is 0. The van der Waals surface area contributed by atoms with Crippen LogP contribution in [0.15, 0.2) is 42.5 Å². The molecule has 7 heteroatoms. The van der Waals surface area contributed by atoms with Crippen molar-refractivity contribution < 1.29 is 18.4 Å². The first-order valence-electron chi connectivity index (χ1n) is 11.3. The molecule has 1 N–H and O–H groups in total.